The van der Waals surface area contributed by atoms with Crippen LogP contribution in [0.4, 0.5) is 4.39 Å². The van der Waals surface area contributed by atoms with Crippen LogP contribution in [0.5, 0.6) is 0 Å². The second-order valence-corrected chi connectivity index (χ2v) is 6.70. The zero-order valence-corrected chi connectivity index (χ0v) is 11.8. The maximum atomic E-state index is 13.8. The van der Waals surface area contributed by atoms with E-state index in [1.54, 1.807) is 12.1 Å². The molecule has 2 aromatic rings. The number of benzene rings is 2. The van der Waals surface area contributed by atoms with Gasteiger partial charge in [-0.05, 0) is 35.7 Å². The van der Waals surface area contributed by atoms with E-state index in [1.165, 1.54) is 6.07 Å². The summed E-state index contributed by atoms with van der Waals surface area (Å²) in [6.07, 6.45) is 0.888. The van der Waals surface area contributed by atoms with E-state index < -0.39 is 14.9 Å². The maximum absolute atomic E-state index is 13.8. The van der Waals surface area contributed by atoms with Gasteiger partial charge in [0.1, 0.15) is 5.82 Å². The van der Waals surface area contributed by atoms with Crippen LogP contribution in [-0.2, 0) is 15.5 Å². The fraction of sp³-hybridized carbons (Fsp3) is 0.143. The van der Waals surface area contributed by atoms with Gasteiger partial charge in [0, 0.05) is 16.2 Å². The van der Waals surface area contributed by atoms with Gasteiger partial charge in [0.2, 0.25) is 0 Å². The Hall–Kier alpha value is -1.39. The van der Waals surface area contributed by atoms with Crippen LogP contribution in [0.1, 0.15) is 12.5 Å². The first-order valence-corrected chi connectivity index (χ1v) is 8.06. The highest BCUT2D eigenvalue weighted by atomic mass is 35.7. The first kappa shape index (κ1) is 14.0. The first-order valence-electron chi connectivity index (χ1n) is 5.75. The second kappa shape index (κ2) is 5.31. The summed E-state index contributed by atoms with van der Waals surface area (Å²) in [5, 5.41) is 0. The zero-order chi connectivity index (χ0) is 14.0. The molecule has 0 aromatic heterocycles. The first-order chi connectivity index (χ1) is 8.91. The highest BCUT2D eigenvalue weighted by Gasteiger charge is 2.14. The average Bonchev–Trinajstić information content (AvgIpc) is 2.38. The zero-order valence-electron chi connectivity index (χ0n) is 10.2. The molecular weight excluding hydrogens is 287 g/mol. The van der Waals surface area contributed by atoms with E-state index in [-0.39, 0.29) is 10.5 Å². The van der Waals surface area contributed by atoms with Crippen molar-refractivity contribution in [2.24, 2.45) is 0 Å². The summed E-state index contributed by atoms with van der Waals surface area (Å²) in [5.74, 6) is -0.478. The molecule has 0 aliphatic rings. The standard InChI is InChI=1S/C14H12ClFO2S/c1-2-10-3-5-11(6-4-10)13-9-12(19(15,17)18)7-8-14(13)16/h3-9H,2H2,1H3. The second-order valence-electron chi connectivity index (χ2n) is 4.13. The van der Waals surface area contributed by atoms with Gasteiger partial charge in [-0.1, -0.05) is 31.2 Å². The molecular formula is C14H12ClFO2S. The molecule has 0 saturated carbocycles. The highest BCUT2D eigenvalue weighted by molar-refractivity contribution is 8.13. The van der Waals surface area contributed by atoms with E-state index >= 15 is 0 Å². The summed E-state index contributed by atoms with van der Waals surface area (Å²) in [4.78, 5) is -0.106. The van der Waals surface area contributed by atoms with Gasteiger partial charge in [0.15, 0.2) is 0 Å². The summed E-state index contributed by atoms with van der Waals surface area (Å²) in [6.45, 7) is 2.02. The van der Waals surface area contributed by atoms with Crippen molar-refractivity contribution in [1.82, 2.24) is 0 Å². The lowest BCUT2D eigenvalue weighted by molar-refractivity contribution is 0.608. The Morgan fingerprint density at radius 2 is 1.74 bits per heavy atom. The maximum Gasteiger partial charge on any atom is 0.261 e. The predicted molar refractivity (Wildman–Crippen MR) is 74.3 cm³/mol. The van der Waals surface area contributed by atoms with Gasteiger partial charge in [0.05, 0.1) is 4.90 Å². The molecule has 0 atom stereocenters. The fourth-order valence-corrected chi connectivity index (χ4v) is 2.57. The average molecular weight is 299 g/mol. The van der Waals surface area contributed by atoms with Crippen molar-refractivity contribution in [2.75, 3.05) is 0 Å². The number of halogens is 2. The van der Waals surface area contributed by atoms with E-state index in [0.717, 1.165) is 24.1 Å². The number of aryl methyl sites for hydroxylation is 1. The minimum absolute atomic E-state index is 0.106. The van der Waals surface area contributed by atoms with Crippen LogP contribution in [0, 0.1) is 5.82 Å². The van der Waals surface area contributed by atoms with Crippen molar-refractivity contribution in [2.45, 2.75) is 18.2 Å². The molecule has 0 aliphatic carbocycles. The van der Waals surface area contributed by atoms with Crippen LogP contribution in [0.2, 0.25) is 0 Å². The monoisotopic (exact) mass is 298 g/mol. The molecule has 100 valence electrons. The van der Waals surface area contributed by atoms with Gasteiger partial charge in [0.25, 0.3) is 9.05 Å². The van der Waals surface area contributed by atoms with Crippen molar-refractivity contribution in [3.63, 3.8) is 0 Å². The van der Waals surface area contributed by atoms with Crippen molar-refractivity contribution in [1.29, 1.82) is 0 Å². The lowest BCUT2D eigenvalue weighted by Crippen LogP contribution is -1.93. The van der Waals surface area contributed by atoms with Crippen molar-refractivity contribution < 1.29 is 12.8 Å². The summed E-state index contributed by atoms with van der Waals surface area (Å²) >= 11 is 0. The van der Waals surface area contributed by atoms with Crippen LogP contribution in [0.15, 0.2) is 47.4 Å². The van der Waals surface area contributed by atoms with E-state index in [4.69, 9.17) is 10.7 Å². The molecule has 0 spiro atoms. The molecule has 19 heavy (non-hydrogen) atoms. The van der Waals surface area contributed by atoms with E-state index in [9.17, 15) is 12.8 Å². The van der Waals surface area contributed by atoms with E-state index in [1.807, 2.05) is 19.1 Å². The van der Waals surface area contributed by atoms with Gasteiger partial charge in [-0.25, -0.2) is 12.8 Å². The number of hydrogen-bond acceptors (Lipinski definition) is 2. The van der Waals surface area contributed by atoms with Crippen LogP contribution in [-0.4, -0.2) is 8.42 Å². The van der Waals surface area contributed by atoms with Gasteiger partial charge in [-0.3, -0.25) is 0 Å². The van der Waals surface area contributed by atoms with Gasteiger partial charge in [-0.15, -0.1) is 0 Å². The third-order valence-corrected chi connectivity index (χ3v) is 4.24. The smallest absolute Gasteiger partial charge is 0.207 e. The van der Waals surface area contributed by atoms with Crippen LogP contribution >= 0.6 is 10.7 Å². The lowest BCUT2D eigenvalue weighted by Gasteiger charge is -2.06. The number of hydrogen-bond donors (Lipinski definition) is 0. The predicted octanol–water partition coefficient (Wildman–Crippen LogP) is 3.98. The van der Waals surface area contributed by atoms with Crippen molar-refractivity contribution in [3.05, 3.63) is 53.8 Å². The summed E-state index contributed by atoms with van der Waals surface area (Å²) in [7, 11) is 1.41. The molecule has 0 radical (unpaired) electrons. The molecule has 0 bridgehead atoms. The number of rotatable bonds is 3. The summed E-state index contributed by atoms with van der Waals surface area (Å²) in [5.41, 5.74) is 1.98. The third kappa shape index (κ3) is 3.14. The quantitative estimate of drug-likeness (QED) is 0.803. The molecule has 0 unspecified atom stereocenters. The molecule has 0 fully saturated rings. The van der Waals surface area contributed by atoms with E-state index in [0.29, 0.717) is 5.56 Å². The van der Waals surface area contributed by atoms with E-state index in [2.05, 4.69) is 0 Å². The minimum atomic E-state index is -3.86. The van der Waals surface area contributed by atoms with Crippen LogP contribution < -0.4 is 0 Å². The summed E-state index contributed by atoms with van der Waals surface area (Å²) < 4.78 is 36.3. The normalized spacial score (nSPS) is 11.5. The third-order valence-electron chi connectivity index (χ3n) is 2.89. The summed E-state index contributed by atoms with van der Waals surface area (Å²) in [6, 6.07) is 10.8. The molecule has 2 rings (SSSR count). The molecule has 2 aromatic carbocycles. The van der Waals surface area contributed by atoms with Crippen molar-refractivity contribution in [3.8, 4) is 11.1 Å². The molecule has 0 amide bonds. The fourth-order valence-electron chi connectivity index (χ4n) is 1.80. The molecule has 5 heteroatoms. The SMILES string of the molecule is CCc1ccc(-c2cc(S(=O)(=O)Cl)ccc2F)cc1. The van der Waals surface area contributed by atoms with Gasteiger partial charge in [-0.2, -0.15) is 0 Å². The Labute approximate surface area is 116 Å². The Bertz CT molecular complexity index is 694. The molecule has 0 aliphatic heterocycles. The Kier molecular flexibility index (Phi) is 3.92. The molecule has 0 N–H and O–H groups in total. The Morgan fingerprint density at radius 3 is 2.26 bits per heavy atom. The van der Waals surface area contributed by atoms with Crippen LogP contribution in [0.25, 0.3) is 11.1 Å². The topological polar surface area (TPSA) is 34.1 Å². The minimum Gasteiger partial charge on any atom is -0.207 e. The Balaban J connectivity index is 2.54. The van der Waals surface area contributed by atoms with Gasteiger partial charge < -0.3 is 0 Å². The van der Waals surface area contributed by atoms with Crippen LogP contribution in [0.3, 0.4) is 0 Å². The lowest BCUT2D eigenvalue weighted by atomic mass is 10.0. The Morgan fingerprint density at radius 1 is 1.11 bits per heavy atom. The highest BCUT2D eigenvalue weighted by Crippen LogP contribution is 2.27. The van der Waals surface area contributed by atoms with Crippen molar-refractivity contribution >= 4 is 19.7 Å². The largest absolute Gasteiger partial charge is 0.261 e. The van der Waals surface area contributed by atoms with Gasteiger partial charge >= 0.3 is 0 Å². The molecule has 2 nitrogen and oxygen atoms in total. The molecule has 0 saturated heterocycles. The molecule has 0 heterocycles.